The van der Waals surface area contributed by atoms with Gasteiger partial charge in [0.05, 0.1) is 16.5 Å². The summed E-state index contributed by atoms with van der Waals surface area (Å²) in [5, 5.41) is 6.54. The maximum atomic E-state index is 4.81. The number of benzene rings is 1. The zero-order valence-corrected chi connectivity index (χ0v) is 15.9. The van der Waals surface area contributed by atoms with E-state index >= 15 is 0 Å². The van der Waals surface area contributed by atoms with E-state index in [9.17, 15) is 0 Å². The second-order valence-corrected chi connectivity index (χ2v) is 8.47. The molecule has 1 aliphatic rings. The molecule has 25 heavy (non-hydrogen) atoms. The Hall–Kier alpha value is -2.05. The molecule has 0 amide bonds. The molecule has 0 aliphatic carbocycles. The number of hydrogen-bond donors (Lipinski definition) is 0. The quantitative estimate of drug-likeness (QED) is 0.672. The molecule has 0 spiro atoms. The van der Waals surface area contributed by atoms with Crippen LogP contribution in [-0.2, 0) is 0 Å². The van der Waals surface area contributed by atoms with Crippen molar-refractivity contribution in [1.29, 1.82) is 0 Å². The fourth-order valence-electron chi connectivity index (χ4n) is 3.35. The molecule has 4 rings (SSSR count). The van der Waals surface area contributed by atoms with Crippen molar-refractivity contribution in [2.75, 3.05) is 32.1 Å². The molecule has 2 aromatic heterocycles. The zero-order valence-electron chi connectivity index (χ0n) is 15.1. The van der Waals surface area contributed by atoms with Crippen LogP contribution in [0, 0.1) is 13.8 Å². The molecule has 0 atom stereocenters. The van der Waals surface area contributed by atoms with Crippen LogP contribution in [0.5, 0.6) is 0 Å². The maximum absolute atomic E-state index is 4.81. The summed E-state index contributed by atoms with van der Waals surface area (Å²) in [6.45, 7) is 6.33. The molecule has 3 heterocycles. The number of pyridine rings is 1. The highest BCUT2D eigenvalue weighted by Crippen LogP contribution is 2.29. The Morgan fingerprint density at radius 1 is 1.16 bits per heavy atom. The van der Waals surface area contributed by atoms with E-state index in [1.54, 1.807) is 0 Å². The predicted octanol–water partition coefficient (Wildman–Crippen LogP) is 3.44. The van der Waals surface area contributed by atoms with Crippen LogP contribution in [0.15, 0.2) is 36.7 Å². The van der Waals surface area contributed by atoms with Crippen LogP contribution in [0.1, 0.15) is 11.1 Å². The topological polar surface area (TPSA) is 37.2 Å². The average Bonchev–Trinajstić information content (AvgIpc) is 2.92. The van der Waals surface area contributed by atoms with E-state index in [2.05, 4.69) is 72.6 Å². The highest BCUT2D eigenvalue weighted by Gasteiger charge is 2.29. The molecule has 1 aromatic carbocycles. The van der Waals surface area contributed by atoms with E-state index in [1.807, 2.05) is 22.8 Å². The van der Waals surface area contributed by atoms with Crippen LogP contribution >= 0.6 is 11.9 Å². The Kier molecular flexibility index (Phi) is 4.17. The molecule has 1 fully saturated rings. The Bertz CT molecular complexity index is 891. The van der Waals surface area contributed by atoms with Gasteiger partial charge in [-0.25, -0.2) is 9.67 Å². The molecule has 1 aliphatic heterocycles. The van der Waals surface area contributed by atoms with Crippen molar-refractivity contribution in [2.45, 2.75) is 19.1 Å². The molecule has 6 heteroatoms. The Labute approximate surface area is 152 Å². The minimum absolute atomic E-state index is 0.652. The summed E-state index contributed by atoms with van der Waals surface area (Å²) >= 11 is 1.89. The van der Waals surface area contributed by atoms with Gasteiger partial charge in [0.25, 0.3) is 0 Å². The van der Waals surface area contributed by atoms with Gasteiger partial charge in [0.1, 0.15) is 5.82 Å². The Balaban J connectivity index is 1.61. The summed E-state index contributed by atoms with van der Waals surface area (Å²) in [6.07, 6.45) is 4.01. The first-order chi connectivity index (χ1) is 12.0. The van der Waals surface area contributed by atoms with Crippen molar-refractivity contribution in [3.8, 4) is 5.69 Å². The number of aromatic nitrogens is 3. The lowest BCUT2D eigenvalue weighted by molar-refractivity contribution is 0.601. The smallest absolute Gasteiger partial charge is 0.130 e. The van der Waals surface area contributed by atoms with E-state index in [4.69, 9.17) is 5.10 Å². The van der Waals surface area contributed by atoms with Crippen molar-refractivity contribution in [1.82, 2.24) is 19.1 Å². The zero-order chi connectivity index (χ0) is 17.6. The minimum atomic E-state index is 0.652. The van der Waals surface area contributed by atoms with Gasteiger partial charge in [-0.2, -0.15) is 5.10 Å². The maximum Gasteiger partial charge on any atom is 0.130 e. The normalized spacial score (nSPS) is 15.2. The molecule has 1 saturated heterocycles. The van der Waals surface area contributed by atoms with Gasteiger partial charge in [-0.1, -0.05) is 30.1 Å². The monoisotopic (exact) mass is 353 g/mol. The summed E-state index contributed by atoms with van der Waals surface area (Å²) in [5.41, 5.74) is 4.61. The predicted molar refractivity (Wildman–Crippen MR) is 106 cm³/mol. The third-order valence-corrected chi connectivity index (χ3v) is 5.59. The highest BCUT2D eigenvalue weighted by molar-refractivity contribution is 7.97. The van der Waals surface area contributed by atoms with Crippen molar-refractivity contribution < 1.29 is 0 Å². The van der Waals surface area contributed by atoms with E-state index in [0.717, 1.165) is 35.5 Å². The lowest BCUT2D eigenvalue weighted by atomic mass is 10.1. The molecule has 130 valence electrons. The minimum Gasteiger partial charge on any atom is -0.354 e. The van der Waals surface area contributed by atoms with Crippen molar-refractivity contribution >= 4 is 28.7 Å². The molecule has 3 aromatic rings. The highest BCUT2D eigenvalue weighted by atomic mass is 32.2. The van der Waals surface area contributed by atoms with Gasteiger partial charge in [-0.15, -0.1) is 0 Å². The summed E-state index contributed by atoms with van der Waals surface area (Å²) < 4.78 is 4.16. The molecule has 5 nitrogen and oxygen atoms in total. The SMILES string of the molecule is Cc1cccc(C)c1-n1cc2cnc(N3CC(SN(C)C)C3)cc2n1. The van der Waals surface area contributed by atoms with Crippen molar-refractivity contribution in [3.05, 3.63) is 47.8 Å². The number of fused-ring (bicyclic) bond motifs is 1. The number of anilines is 1. The first-order valence-corrected chi connectivity index (χ1v) is 9.36. The van der Waals surface area contributed by atoms with E-state index in [1.165, 1.54) is 11.1 Å². The number of aryl methyl sites for hydroxylation is 2. The molecule has 0 saturated carbocycles. The fourth-order valence-corrected chi connectivity index (χ4v) is 4.44. The summed E-state index contributed by atoms with van der Waals surface area (Å²) in [6, 6.07) is 8.45. The van der Waals surface area contributed by atoms with Gasteiger partial charge in [0.2, 0.25) is 0 Å². The molecule has 0 unspecified atom stereocenters. The van der Waals surface area contributed by atoms with Gasteiger partial charge in [0, 0.05) is 36.9 Å². The van der Waals surface area contributed by atoms with E-state index in [0.29, 0.717) is 5.25 Å². The van der Waals surface area contributed by atoms with Crippen LogP contribution < -0.4 is 4.90 Å². The molecule has 0 N–H and O–H groups in total. The largest absolute Gasteiger partial charge is 0.354 e. The van der Waals surface area contributed by atoms with Crippen LogP contribution in [-0.4, -0.2) is 51.5 Å². The lowest BCUT2D eigenvalue weighted by Crippen LogP contribution is -2.50. The Morgan fingerprint density at radius 3 is 2.56 bits per heavy atom. The van der Waals surface area contributed by atoms with Crippen molar-refractivity contribution in [2.24, 2.45) is 0 Å². The fraction of sp³-hybridized carbons (Fsp3) is 0.368. The van der Waals surface area contributed by atoms with Gasteiger partial charge in [-0.05, 0) is 39.1 Å². The standard InChI is InChI=1S/C19H23N5S/c1-13-6-5-7-14(2)19(13)24-10-15-9-20-18(8-17(15)21-24)23-11-16(12-23)25-22(3)4/h5-10,16H,11-12H2,1-4H3. The first-order valence-electron chi connectivity index (χ1n) is 8.52. The lowest BCUT2D eigenvalue weighted by Gasteiger charge is -2.40. The van der Waals surface area contributed by atoms with Crippen LogP contribution in [0.3, 0.4) is 0 Å². The number of rotatable bonds is 4. The van der Waals surface area contributed by atoms with Crippen molar-refractivity contribution in [3.63, 3.8) is 0 Å². The van der Waals surface area contributed by atoms with Gasteiger partial charge < -0.3 is 4.90 Å². The van der Waals surface area contributed by atoms with Crippen LogP contribution in [0.25, 0.3) is 16.6 Å². The second-order valence-electron chi connectivity index (χ2n) is 6.86. The molecular weight excluding hydrogens is 330 g/mol. The van der Waals surface area contributed by atoms with Crippen LogP contribution in [0.4, 0.5) is 5.82 Å². The second kappa shape index (κ2) is 6.35. The third kappa shape index (κ3) is 3.12. The average molecular weight is 353 g/mol. The summed E-state index contributed by atoms with van der Waals surface area (Å²) in [5.74, 6) is 1.02. The molecule has 0 radical (unpaired) electrons. The summed E-state index contributed by atoms with van der Waals surface area (Å²) in [4.78, 5) is 6.96. The van der Waals surface area contributed by atoms with Gasteiger partial charge in [-0.3, -0.25) is 4.31 Å². The number of hydrogen-bond acceptors (Lipinski definition) is 5. The number of nitrogens with zero attached hydrogens (tertiary/aromatic N) is 5. The van der Waals surface area contributed by atoms with E-state index in [-0.39, 0.29) is 0 Å². The van der Waals surface area contributed by atoms with Gasteiger partial charge in [0.15, 0.2) is 0 Å². The van der Waals surface area contributed by atoms with E-state index < -0.39 is 0 Å². The molecular formula is C19H23N5S. The Morgan fingerprint density at radius 2 is 1.88 bits per heavy atom. The van der Waals surface area contributed by atoms with Gasteiger partial charge >= 0.3 is 0 Å². The third-order valence-electron chi connectivity index (χ3n) is 4.57. The number of para-hydroxylation sites is 1. The molecule has 0 bridgehead atoms. The van der Waals surface area contributed by atoms with Crippen LogP contribution in [0.2, 0.25) is 0 Å². The summed E-state index contributed by atoms with van der Waals surface area (Å²) in [7, 11) is 4.19. The first kappa shape index (κ1) is 16.4.